The summed E-state index contributed by atoms with van der Waals surface area (Å²) in [4.78, 5) is 2.01. The molecule has 1 aromatic carbocycles. The van der Waals surface area contributed by atoms with E-state index in [0.717, 1.165) is 5.56 Å². The molecule has 0 unspecified atom stereocenters. The summed E-state index contributed by atoms with van der Waals surface area (Å²) in [5.74, 6) is 0.544. The maximum absolute atomic E-state index is 9.75. The molecule has 102 valence electrons. The summed E-state index contributed by atoms with van der Waals surface area (Å²) in [5.41, 5.74) is 0.274. The molecule has 0 aliphatic heterocycles. The molecule has 1 aromatic rings. The second kappa shape index (κ2) is 5.91. The second-order valence-electron chi connectivity index (χ2n) is 5.11. The van der Waals surface area contributed by atoms with Crippen LogP contribution in [0.5, 0.6) is 11.5 Å². The maximum Gasteiger partial charge on any atom is 0.172 e. The van der Waals surface area contributed by atoms with E-state index >= 15 is 0 Å². The highest BCUT2D eigenvalue weighted by Crippen LogP contribution is 2.35. The van der Waals surface area contributed by atoms with Crippen molar-refractivity contribution in [3.8, 4) is 11.5 Å². The lowest BCUT2D eigenvalue weighted by Crippen LogP contribution is -2.35. The highest BCUT2D eigenvalue weighted by molar-refractivity contribution is 9.10. The molecule has 5 heteroatoms. The Hall–Kier alpha value is -0.780. The number of nitrogens with zero attached hydrogens (tertiary/aromatic N) is 1. The topological polar surface area (TPSA) is 52.9 Å². The molecule has 0 radical (unpaired) electrons. The lowest BCUT2D eigenvalue weighted by atomic mass is 10.1. The molecular formula is C13H20BrNO3. The van der Waals surface area contributed by atoms with E-state index in [1.807, 2.05) is 18.0 Å². The van der Waals surface area contributed by atoms with E-state index < -0.39 is 5.60 Å². The van der Waals surface area contributed by atoms with E-state index in [0.29, 0.717) is 23.3 Å². The van der Waals surface area contributed by atoms with Crippen molar-refractivity contribution in [2.45, 2.75) is 26.0 Å². The molecule has 0 bridgehead atoms. The van der Waals surface area contributed by atoms with Crippen LogP contribution in [0.4, 0.5) is 0 Å². The van der Waals surface area contributed by atoms with E-state index in [9.17, 15) is 10.2 Å². The zero-order valence-electron chi connectivity index (χ0n) is 11.2. The van der Waals surface area contributed by atoms with Crippen LogP contribution in [0, 0.1) is 0 Å². The molecule has 0 aliphatic carbocycles. The minimum Gasteiger partial charge on any atom is -0.503 e. The lowest BCUT2D eigenvalue weighted by molar-refractivity contribution is 0.0424. The summed E-state index contributed by atoms with van der Waals surface area (Å²) >= 11 is 3.29. The number of hydrogen-bond donors (Lipinski definition) is 2. The second-order valence-corrected chi connectivity index (χ2v) is 5.97. The van der Waals surface area contributed by atoms with Crippen molar-refractivity contribution in [1.29, 1.82) is 0 Å². The number of phenolic OH excluding ortho intramolecular Hbond substituents is 1. The van der Waals surface area contributed by atoms with E-state index in [1.54, 1.807) is 19.9 Å². The lowest BCUT2D eigenvalue weighted by Gasteiger charge is -2.25. The molecule has 0 aliphatic rings. The fraction of sp³-hybridized carbons (Fsp3) is 0.538. The van der Waals surface area contributed by atoms with Crippen LogP contribution in [0.15, 0.2) is 16.6 Å². The average molecular weight is 318 g/mol. The van der Waals surface area contributed by atoms with Crippen molar-refractivity contribution < 1.29 is 14.9 Å². The Labute approximate surface area is 116 Å². The molecule has 0 heterocycles. The third-order valence-corrected chi connectivity index (χ3v) is 3.02. The smallest absolute Gasteiger partial charge is 0.172 e. The molecular weight excluding hydrogens is 298 g/mol. The van der Waals surface area contributed by atoms with E-state index in [-0.39, 0.29) is 5.75 Å². The maximum atomic E-state index is 9.75. The van der Waals surface area contributed by atoms with Gasteiger partial charge in [-0.15, -0.1) is 0 Å². The van der Waals surface area contributed by atoms with Gasteiger partial charge < -0.3 is 14.9 Å². The van der Waals surface area contributed by atoms with Crippen molar-refractivity contribution >= 4 is 15.9 Å². The van der Waals surface area contributed by atoms with Gasteiger partial charge in [-0.05, 0) is 54.5 Å². The van der Waals surface area contributed by atoms with Gasteiger partial charge in [0, 0.05) is 13.1 Å². The molecule has 0 saturated heterocycles. The fourth-order valence-corrected chi connectivity index (χ4v) is 2.39. The Morgan fingerprint density at radius 3 is 2.50 bits per heavy atom. The number of ether oxygens (including phenoxy) is 1. The van der Waals surface area contributed by atoms with Gasteiger partial charge in [0.15, 0.2) is 11.5 Å². The van der Waals surface area contributed by atoms with E-state index in [4.69, 9.17) is 4.74 Å². The number of methoxy groups -OCH3 is 1. The number of aromatic hydroxyl groups is 1. The zero-order chi connectivity index (χ0) is 13.9. The third-order valence-electron chi connectivity index (χ3n) is 2.42. The Kier molecular flexibility index (Phi) is 5.01. The number of rotatable bonds is 5. The van der Waals surface area contributed by atoms with Gasteiger partial charge in [0.05, 0.1) is 17.2 Å². The molecule has 0 fully saturated rings. The van der Waals surface area contributed by atoms with Gasteiger partial charge in [0.25, 0.3) is 0 Å². The minimum absolute atomic E-state index is 0.103. The SMILES string of the molecule is COc1cc(CN(C)CC(C)(C)O)cc(Br)c1O. The van der Waals surface area contributed by atoms with Crippen LogP contribution in [-0.2, 0) is 6.54 Å². The van der Waals surface area contributed by atoms with Gasteiger partial charge in [-0.2, -0.15) is 0 Å². The van der Waals surface area contributed by atoms with Crippen LogP contribution in [0.25, 0.3) is 0 Å². The molecule has 0 spiro atoms. The Morgan fingerprint density at radius 2 is 2.00 bits per heavy atom. The van der Waals surface area contributed by atoms with Crippen molar-refractivity contribution in [3.63, 3.8) is 0 Å². The van der Waals surface area contributed by atoms with Crippen LogP contribution in [0.1, 0.15) is 19.4 Å². The van der Waals surface area contributed by atoms with Gasteiger partial charge in [-0.25, -0.2) is 0 Å². The Bertz CT molecular complexity index is 415. The summed E-state index contributed by atoms with van der Waals surface area (Å²) in [6.45, 7) is 4.78. The highest BCUT2D eigenvalue weighted by Gasteiger charge is 2.16. The number of aliphatic hydroxyl groups is 1. The van der Waals surface area contributed by atoms with Crippen LogP contribution < -0.4 is 4.74 Å². The molecule has 18 heavy (non-hydrogen) atoms. The van der Waals surface area contributed by atoms with Gasteiger partial charge >= 0.3 is 0 Å². The highest BCUT2D eigenvalue weighted by atomic mass is 79.9. The summed E-state index contributed by atoms with van der Waals surface area (Å²) in [5, 5.41) is 19.5. The monoisotopic (exact) mass is 317 g/mol. The van der Waals surface area contributed by atoms with E-state index in [1.165, 1.54) is 7.11 Å². The summed E-state index contributed by atoms with van der Waals surface area (Å²) in [6.07, 6.45) is 0. The van der Waals surface area contributed by atoms with Gasteiger partial charge in [-0.3, -0.25) is 4.90 Å². The number of phenols is 1. The van der Waals surface area contributed by atoms with Gasteiger partial charge in [0.2, 0.25) is 0 Å². The number of benzene rings is 1. The molecule has 0 aromatic heterocycles. The number of hydrogen-bond acceptors (Lipinski definition) is 4. The summed E-state index contributed by atoms with van der Waals surface area (Å²) in [6, 6.07) is 3.64. The Morgan fingerprint density at radius 1 is 1.39 bits per heavy atom. The predicted molar refractivity (Wildman–Crippen MR) is 75.0 cm³/mol. The van der Waals surface area contributed by atoms with Crippen LogP contribution in [-0.4, -0.2) is 41.4 Å². The molecule has 4 nitrogen and oxygen atoms in total. The zero-order valence-corrected chi connectivity index (χ0v) is 12.8. The minimum atomic E-state index is -0.729. The van der Waals surface area contributed by atoms with Gasteiger partial charge in [0.1, 0.15) is 0 Å². The molecule has 2 N–H and O–H groups in total. The largest absolute Gasteiger partial charge is 0.503 e. The van der Waals surface area contributed by atoms with Crippen molar-refractivity contribution in [1.82, 2.24) is 4.90 Å². The summed E-state index contributed by atoms with van der Waals surface area (Å²) < 4.78 is 5.71. The first-order valence-corrected chi connectivity index (χ1v) is 6.48. The Balaban J connectivity index is 2.82. The molecule has 0 atom stereocenters. The van der Waals surface area contributed by atoms with Crippen LogP contribution >= 0.6 is 15.9 Å². The standard InChI is InChI=1S/C13H20BrNO3/c1-13(2,17)8-15(3)7-9-5-10(14)12(16)11(6-9)18-4/h5-6,16-17H,7-8H2,1-4H3. The first kappa shape index (κ1) is 15.3. The molecule has 0 saturated carbocycles. The first-order chi connectivity index (χ1) is 8.23. The number of halogens is 1. The van der Waals surface area contributed by atoms with Crippen molar-refractivity contribution in [3.05, 3.63) is 22.2 Å². The van der Waals surface area contributed by atoms with E-state index in [2.05, 4.69) is 15.9 Å². The fourth-order valence-electron chi connectivity index (χ4n) is 1.90. The summed E-state index contributed by atoms with van der Waals surface area (Å²) in [7, 11) is 3.46. The predicted octanol–water partition coefficient (Wildman–Crippen LogP) is 2.37. The van der Waals surface area contributed by atoms with Crippen molar-refractivity contribution in [2.24, 2.45) is 0 Å². The molecule has 1 rings (SSSR count). The van der Waals surface area contributed by atoms with Crippen molar-refractivity contribution in [2.75, 3.05) is 20.7 Å². The van der Waals surface area contributed by atoms with Crippen LogP contribution in [0.3, 0.4) is 0 Å². The third kappa shape index (κ3) is 4.48. The quantitative estimate of drug-likeness (QED) is 0.875. The number of likely N-dealkylation sites (N-methyl/N-ethyl adjacent to an activating group) is 1. The first-order valence-electron chi connectivity index (χ1n) is 5.69. The van der Waals surface area contributed by atoms with Gasteiger partial charge in [-0.1, -0.05) is 0 Å². The molecule has 0 amide bonds. The normalized spacial score (nSPS) is 11.9. The van der Waals surface area contributed by atoms with Crippen LogP contribution in [0.2, 0.25) is 0 Å². The average Bonchev–Trinajstić information content (AvgIpc) is 2.20.